The third-order valence-electron chi connectivity index (χ3n) is 2.95. The molecule has 1 fully saturated rings. The van der Waals surface area contributed by atoms with Crippen molar-refractivity contribution in [2.75, 3.05) is 13.7 Å². The normalized spacial score (nSPS) is 26.7. The van der Waals surface area contributed by atoms with Gasteiger partial charge in [-0.05, 0) is 38.6 Å². The van der Waals surface area contributed by atoms with Crippen molar-refractivity contribution in [3.63, 3.8) is 0 Å². The van der Waals surface area contributed by atoms with E-state index >= 15 is 0 Å². The Hall–Kier alpha value is -0.570. The van der Waals surface area contributed by atoms with Crippen molar-refractivity contribution in [3.05, 3.63) is 34.8 Å². The van der Waals surface area contributed by atoms with Gasteiger partial charge < -0.3 is 4.74 Å². The number of ether oxygens (including phenoxy) is 1. The zero-order valence-corrected chi connectivity index (χ0v) is 10.0. The van der Waals surface area contributed by atoms with Crippen molar-refractivity contribution in [1.29, 1.82) is 0 Å². The summed E-state index contributed by atoms with van der Waals surface area (Å²) in [6, 6.07) is 5.85. The molecule has 2 nitrogen and oxygen atoms in total. The van der Waals surface area contributed by atoms with Crippen LogP contribution in [0.25, 0.3) is 0 Å². The molecule has 1 atom stereocenters. The van der Waals surface area contributed by atoms with E-state index in [2.05, 4.69) is 18.7 Å². The number of nitrogens with zero attached hydrogens (tertiary/aromatic N) is 1. The quantitative estimate of drug-likeness (QED) is 0.731. The summed E-state index contributed by atoms with van der Waals surface area (Å²) in [7, 11) is 2.01. The Balaban J connectivity index is 2.36. The van der Waals surface area contributed by atoms with E-state index in [1.165, 1.54) is 0 Å². The predicted molar refractivity (Wildman–Crippen MR) is 62.0 cm³/mol. The van der Waals surface area contributed by atoms with Gasteiger partial charge >= 0.3 is 0 Å². The fourth-order valence-electron chi connectivity index (χ4n) is 1.71. The maximum Gasteiger partial charge on any atom is 0.137 e. The minimum atomic E-state index is -0.166. The number of rotatable bonds is 1. The molecule has 1 aliphatic heterocycles. The summed E-state index contributed by atoms with van der Waals surface area (Å²) >= 11 is 5.95. The van der Waals surface area contributed by atoms with Crippen LogP contribution in [0, 0.1) is 0 Å². The van der Waals surface area contributed by atoms with Gasteiger partial charge in [0.05, 0.1) is 7.98 Å². The first-order chi connectivity index (χ1) is 7.43. The minimum absolute atomic E-state index is 0.000571. The average molecular weight is 228 g/mol. The smallest absolute Gasteiger partial charge is 0.137 e. The van der Waals surface area contributed by atoms with Gasteiger partial charge in [-0.3, -0.25) is 4.90 Å². The van der Waals surface area contributed by atoms with Crippen molar-refractivity contribution < 1.29 is 6.11 Å². The fraction of sp³-hybridized carbons (Fsp3) is 0.500. The first kappa shape index (κ1) is 9.64. The molecule has 0 bridgehead atoms. The van der Waals surface area contributed by atoms with E-state index in [0.29, 0.717) is 17.7 Å². The molecule has 0 amide bonds. The van der Waals surface area contributed by atoms with E-state index < -0.39 is 0 Å². The van der Waals surface area contributed by atoms with Crippen molar-refractivity contribution in [1.82, 2.24) is 4.90 Å². The molecule has 1 heterocycles. The molecule has 2 rings (SSSR count). The number of halogens is 1. The van der Waals surface area contributed by atoms with Gasteiger partial charge in [0.15, 0.2) is 0 Å². The molecule has 1 aromatic carbocycles. The van der Waals surface area contributed by atoms with Gasteiger partial charge in [0.1, 0.15) is 6.23 Å². The van der Waals surface area contributed by atoms with Gasteiger partial charge in [-0.15, -0.1) is 0 Å². The van der Waals surface area contributed by atoms with Gasteiger partial charge in [0.25, 0.3) is 0 Å². The topological polar surface area (TPSA) is 12.5 Å². The average Bonchev–Trinajstić information content (AvgIpc) is 2.48. The second-order valence-corrected chi connectivity index (χ2v) is 4.95. The maximum atomic E-state index is 7.94. The van der Waals surface area contributed by atoms with Crippen LogP contribution in [-0.4, -0.2) is 24.1 Å². The largest absolute Gasteiger partial charge is 0.357 e. The fourth-order valence-corrected chi connectivity index (χ4v) is 1.90. The monoisotopic (exact) mass is 227 g/mol. The lowest BCUT2D eigenvalue weighted by atomic mass is 10.1. The Kier molecular flexibility index (Phi) is 2.43. The van der Waals surface area contributed by atoms with Crippen molar-refractivity contribution >= 4 is 11.6 Å². The van der Waals surface area contributed by atoms with Crippen LogP contribution < -0.4 is 0 Å². The Morgan fingerprint density at radius 2 is 2.33 bits per heavy atom. The van der Waals surface area contributed by atoms with Gasteiger partial charge in [-0.25, -0.2) is 0 Å². The third kappa shape index (κ3) is 2.03. The molecule has 0 aliphatic carbocycles. The number of hydrogen-bond acceptors (Lipinski definition) is 2. The second kappa shape index (κ2) is 3.78. The molecule has 1 aromatic rings. The molecule has 0 saturated carbocycles. The van der Waals surface area contributed by atoms with Crippen LogP contribution in [0.3, 0.4) is 0 Å². The second-order valence-electron chi connectivity index (χ2n) is 4.54. The lowest BCUT2D eigenvalue weighted by Gasteiger charge is -2.29. The molecule has 1 saturated heterocycles. The summed E-state index contributed by atoms with van der Waals surface area (Å²) in [4.78, 5) is 2.14. The first-order valence-electron chi connectivity index (χ1n) is 5.53. The van der Waals surface area contributed by atoms with E-state index in [9.17, 15) is 0 Å². The van der Waals surface area contributed by atoms with E-state index in [1.807, 2.05) is 19.2 Å². The highest BCUT2D eigenvalue weighted by Gasteiger charge is 2.38. The standard InChI is InChI=1S/C12H16ClNO/c1-12(2)8-15-11(14(12)3)9-5-4-6-10(13)7-9/h4-7,11H,8H2,1-3H3/i7T. The number of benzene rings is 1. The predicted octanol–water partition coefficient (Wildman–Crippen LogP) is 3.08. The zero-order valence-electron chi connectivity index (χ0n) is 10.2. The Labute approximate surface area is 97.2 Å². The summed E-state index contributed by atoms with van der Waals surface area (Å²) < 4.78 is 13.7. The molecule has 0 aromatic heterocycles. The van der Waals surface area contributed by atoms with Crippen LogP contribution in [0.5, 0.6) is 0 Å². The molecule has 3 heteroatoms. The van der Waals surface area contributed by atoms with E-state index in [0.717, 1.165) is 5.56 Å². The van der Waals surface area contributed by atoms with E-state index in [-0.39, 0.29) is 11.8 Å². The first-order valence-corrected chi connectivity index (χ1v) is 5.41. The van der Waals surface area contributed by atoms with Crippen molar-refractivity contribution in [2.45, 2.75) is 25.6 Å². The number of hydrogen-bond donors (Lipinski definition) is 0. The lowest BCUT2D eigenvalue weighted by Crippen LogP contribution is -2.38. The SMILES string of the molecule is [3H]c1c(Cl)cccc1C1OCC(C)(C)N1C. The molecular formula is C12H16ClNO. The van der Waals surface area contributed by atoms with Crippen LogP contribution in [0.15, 0.2) is 24.2 Å². The highest BCUT2D eigenvalue weighted by molar-refractivity contribution is 6.30. The Morgan fingerprint density at radius 3 is 2.93 bits per heavy atom. The van der Waals surface area contributed by atoms with Gasteiger partial charge in [-0.2, -0.15) is 0 Å². The molecule has 1 aliphatic rings. The molecule has 0 radical (unpaired) electrons. The van der Waals surface area contributed by atoms with Gasteiger partial charge in [-0.1, -0.05) is 23.7 Å². The zero-order chi connectivity index (χ0) is 11.9. The Morgan fingerprint density at radius 1 is 1.60 bits per heavy atom. The summed E-state index contributed by atoms with van der Waals surface area (Å²) in [5, 5.41) is 0.471. The van der Waals surface area contributed by atoms with Crippen molar-refractivity contribution in [2.24, 2.45) is 0 Å². The van der Waals surface area contributed by atoms with E-state index in [1.54, 1.807) is 6.07 Å². The van der Waals surface area contributed by atoms with Crippen LogP contribution in [0.1, 0.15) is 27.0 Å². The molecule has 1 unspecified atom stereocenters. The molecule has 0 spiro atoms. The summed E-state index contributed by atoms with van der Waals surface area (Å²) in [6.07, 6.45) is -0.166. The lowest BCUT2D eigenvalue weighted by molar-refractivity contribution is 0.0399. The molecule has 15 heavy (non-hydrogen) atoms. The molecular weight excluding hydrogens is 210 g/mol. The van der Waals surface area contributed by atoms with Gasteiger partial charge in [0.2, 0.25) is 0 Å². The highest BCUT2D eigenvalue weighted by atomic mass is 35.5. The summed E-state index contributed by atoms with van der Waals surface area (Å²) in [5.74, 6) is 0. The third-order valence-corrected chi connectivity index (χ3v) is 3.17. The van der Waals surface area contributed by atoms with Crippen LogP contribution in [0.2, 0.25) is 5.02 Å². The molecule has 0 N–H and O–H groups in total. The molecule has 82 valence electrons. The van der Waals surface area contributed by atoms with Gasteiger partial charge in [0, 0.05) is 10.6 Å². The Bertz CT molecular complexity index is 408. The van der Waals surface area contributed by atoms with Crippen LogP contribution in [0.4, 0.5) is 0 Å². The van der Waals surface area contributed by atoms with E-state index in [4.69, 9.17) is 17.7 Å². The van der Waals surface area contributed by atoms with Crippen molar-refractivity contribution in [3.8, 4) is 0 Å². The highest BCUT2D eigenvalue weighted by Crippen LogP contribution is 2.35. The minimum Gasteiger partial charge on any atom is -0.357 e. The number of likely N-dealkylation sites (N-methyl/N-ethyl adjacent to an activating group) is 1. The maximum absolute atomic E-state index is 7.94. The van der Waals surface area contributed by atoms with Crippen LogP contribution >= 0.6 is 11.6 Å². The van der Waals surface area contributed by atoms with Crippen LogP contribution in [-0.2, 0) is 4.74 Å². The summed E-state index contributed by atoms with van der Waals surface area (Å²) in [6.45, 7) is 4.92. The summed E-state index contributed by atoms with van der Waals surface area (Å²) in [5.41, 5.74) is 0.833.